The third-order valence-corrected chi connectivity index (χ3v) is 3.17. The lowest BCUT2D eigenvalue weighted by Crippen LogP contribution is -2.11. The molecule has 3 rings (SSSR count). The van der Waals surface area contributed by atoms with Crippen molar-refractivity contribution in [2.24, 2.45) is 0 Å². The van der Waals surface area contributed by atoms with Crippen LogP contribution in [0, 0.1) is 0 Å². The van der Waals surface area contributed by atoms with Crippen LogP contribution in [0.25, 0.3) is 22.3 Å². The number of phenolic OH excluding ortho intramolecular Hbond substituents is 1. The Morgan fingerprint density at radius 2 is 1.71 bits per heavy atom. The highest BCUT2D eigenvalue weighted by molar-refractivity contribution is 5.85. The van der Waals surface area contributed by atoms with Crippen molar-refractivity contribution < 1.29 is 22.7 Å². The number of fused-ring (bicyclic) bond motifs is 1. The van der Waals surface area contributed by atoms with Crippen molar-refractivity contribution in [3.63, 3.8) is 0 Å². The fourth-order valence-electron chi connectivity index (χ4n) is 2.25. The van der Waals surface area contributed by atoms with E-state index in [0.717, 1.165) is 0 Å². The third-order valence-electron chi connectivity index (χ3n) is 3.17. The largest absolute Gasteiger partial charge is 0.508 e. The molecule has 0 aliphatic heterocycles. The van der Waals surface area contributed by atoms with Gasteiger partial charge in [0.15, 0.2) is 0 Å². The average Bonchev–Trinajstić information content (AvgIpc) is 2.83. The van der Waals surface area contributed by atoms with E-state index in [2.05, 4.69) is 0 Å². The van der Waals surface area contributed by atoms with Gasteiger partial charge in [-0.1, -0.05) is 18.2 Å². The van der Waals surface area contributed by atoms with Crippen LogP contribution in [0.2, 0.25) is 0 Å². The number of aromatic hydroxyl groups is 1. The molecule has 0 bridgehead atoms. The van der Waals surface area contributed by atoms with Crippen molar-refractivity contribution in [3.05, 3.63) is 54.1 Å². The highest BCUT2D eigenvalue weighted by Crippen LogP contribution is 2.33. The number of halogens is 3. The highest BCUT2D eigenvalue weighted by Gasteiger charge is 2.29. The van der Waals surface area contributed by atoms with Crippen molar-refractivity contribution in [2.75, 3.05) is 0 Å². The molecule has 0 radical (unpaired) electrons. The molecule has 21 heavy (non-hydrogen) atoms. The Morgan fingerprint density at radius 1 is 1.00 bits per heavy atom. The Kier molecular flexibility index (Phi) is 3.12. The second-order valence-corrected chi connectivity index (χ2v) is 4.78. The van der Waals surface area contributed by atoms with E-state index < -0.39 is 12.6 Å². The molecule has 0 saturated heterocycles. The van der Waals surface area contributed by atoms with E-state index in [0.29, 0.717) is 16.7 Å². The lowest BCUT2D eigenvalue weighted by atomic mass is 10.1. The van der Waals surface area contributed by atoms with E-state index in [9.17, 15) is 18.3 Å². The molecular weight excluding hydrogens is 281 g/mol. The first-order chi connectivity index (χ1) is 9.92. The van der Waals surface area contributed by atoms with Crippen LogP contribution in [0.5, 0.6) is 5.75 Å². The molecule has 2 aromatic carbocycles. The molecule has 0 saturated carbocycles. The SMILES string of the molecule is Oc1ccc(-c2cc3cccc(CC(F)(F)F)c3o2)cc1. The molecule has 1 N–H and O–H groups in total. The van der Waals surface area contributed by atoms with E-state index >= 15 is 0 Å². The number of para-hydroxylation sites is 1. The molecule has 3 aromatic rings. The van der Waals surface area contributed by atoms with Gasteiger partial charge in [0.25, 0.3) is 0 Å². The van der Waals surface area contributed by atoms with Gasteiger partial charge in [0, 0.05) is 16.5 Å². The van der Waals surface area contributed by atoms with Crippen molar-refractivity contribution in [2.45, 2.75) is 12.6 Å². The molecule has 0 fully saturated rings. The summed E-state index contributed by atoms with van der Waals surface area (Å²) in [5, 5.41) is 9.88. The van der Waals surface area contributed by atoms with Crippen LogP contribution in [0.4, 0.5) is 13.2 Å². The minimum Gasteiger partial charge on any atom is -0.508 e. The van der Waals surface area contributed by atoms with Crippen LogP contribution < -0.4 is 0 Å². The molecule has 0 spiro atoms. The summed E-state index contributed by atoms with van der Waals surface area (Å²) in [6.07, 6.45) is -5.30. The topological polar surface area (TPSA) is 33.4 Å². The molecule has 0 unspecified atom stereocenters. The van der Waals surface area contributed by atoms with Crippen LogP contribution in [-0.4, -0.2) is 11.3 Å². The molecule has 5 heteroatoms. The molecular formula is C16H11F3O2. The summed E-state index contributed by atoms with van der Waals surface area (Å²) >= 11 is 0. The van der Waals surface area contributed by atoms with E-state index in [1.54, 1.807) is 30.3 Å². The number of furan rings is 1. The quantitative estimate of drug-likeness (QED) is 0.728. The van der Waals surface area contributed by atoms with Crippen molar-refractivity contribution >= 4 is 11.0 Å². The van der Waals surface area contributed by atoms with E-state index in [-0.39, 0.29) is 16.9 Å². The fraction of sp³-hybridized carbons (Fsp3) is 0.125. The minimum absolute atomic E-state index is 0.116. The Hall–Kier alpha value is -2.43. The first kappa shape index (κ1) is 13.5. The van der Waals surface area contributed by atoms with Gasteiger partial charge >= 0.3 is 6.18 Å². The van der Waals surface area contributed by atoms with Crippen LogP contribution in [0.3, 0.4) is 0 Å². The van der Waals surface area contributed by atoms with Gasteiger partial charge in [-0.15, -0.1) is 0 Å². The minimum atomic E-state index is -4.28. The predicted octanol–water partition coefficient (Wildman–Crippen LogP) is 4.91. The number of hydrogen-bond acceptors (Lipinski definition) is 2. The number of phenols is 1. The second-order valence-electron chi connectivity index (χ2n) is 4.78. The maximum atomic E-state index is 12.6. The summed E-state index contributed by atoms with van der Waals surface area (Å²) in [6, 6.07) is 12.7. The van der Waals surface area contributed by atoms with Crippen LogP contribution in [0.1, 0.15) is 5.56 Å². The zero-order chi connectivity index (χ0) is 15.0. The number of alkyl halides is 3. The van der Waals surface area contributed by atoms with Crippen molar-refractivity contribution in [3.8, 4) is 17.1 Å². The van der Waals surface area contributed by atoms with Crippen molar-refractivity contribution in [1.29, 1.82) is 0 Å². The van der Waals surface area contributed by atoms with E-state index in [1.807, 2.05) is 0 Å². The molecule has 0 aliphatic carbocycles. The fourth-order valence-corrected chi connectivity index (χ4v) is 2.25. The molecule has 108 valence electrons. The van der Waals surface area contributed by atoms with E-state index in [1.165, 1.54) is 18.2 Å². The van der Waals surface area contributed by atoms with Crippen LogP contribution in [0.15, 0.2) is 52.9 Å². The smallest absolute Gasteiger partial charge is 0.393 e. The lowest BCUT2D eigenvalue weighted by molar-refractivity contribution is -0.127. The van der Waals surface area contributed by atoms with Gasteiger partial charge in [-0.3, -0.25) is 0 Å². The number of rotatable bonds is 2. The average molecular weight is 292 g/mol. The Bertz CT molecular complexity index is 770. The Labute approximate surface area is 118 Å². The lowest BCUT2D eigenvalue weighted by Gasteiger charge is -2.06. The van der Waals surface area contributed by atoms with Crippen molar-refractivity contribution in [1.82, 2.24) is 0 Å². The monoisotopic (exact) mass is 292 g/mol. The first-order valence-corrected chi connectivity index (χ1v) is 6.30. The van der Waals surface area contributed by atoms with Gasteiger partial charge in [-0.2, -0.15) is 13.2 Å². The predicted molar refractivity (Wildman–Crippen MR) is 73.1 cm³/mol. The van der Waals surface area contributed by atoms with Gasteiger partial charge in [0.1, 0.15) is 17.1 Å². The molecule has 1 heterocycles. The zero-order valence-corrected chi connectivity index (χ0v) is 10.8. The summed E-state index contributed by atoms with van der Waals surface area (Å²) in [5.74, 6) is 0.590. The van der Waals surface area contributed by atoms with Gasteiger partial charge < -0.3 is 9.52 Å². The normalized spacial score (nSPS) is 12.0. The molecule has 1 aromatic heterocycles. The van der Waals surface area contributed by atoms with Gasteiger partial charge in [-0.25, -0.2) is 0 Å². The van der Waals surface area contributed by atoms with Crippen LogP contribution >= 0.6 is 0 Å². The molecule has 0 atom stereocenters. The maximum absolute atomic E-state index is 12.6. The van der Waals surface area contributed by atoms with Crippen LogP contribution in [-0.2, 0) is 6.42 Å². The molecule has 0 amide bonds. The zero-order valence-electron chi connectivity index (χ0n) is 10.8. The van der Waals surface area contributed by atoms with Gasteiger partial charge in [0.2, 0.25) is 0 Å². The molecule has 0 aliphatic rings. The summed E-state index contributed by atoms with van der Waals surface area (Å²) in [5.41, 5.74) is 1.06. The van der Waals surface area contributed by atoms with E-state index in [4.69, 9.17) is 4.42 Å². The first-order valence-electron chi connectivity index (χ1n) is 6.30. The Balaban J connectivity index is 2.07. The summed E-state index contributed by atoms with van der Waals surface area (Å²) in [6.45, 7) is 0. The second kappa shape index (κ2) is 4.84. The van der Waals surface area contributed by atoms with Gasteiger partial charge in [-0.05, 0) is 30.3 Å². The summed E-state index contributed by atoms with van der Waals surface area (Å²) in [4.78, 5) is 0. The third kappa shape index (κ3) is 2.86. The van der Waals surface area contributed by atoms with Gasteiger partial charge in [0.05, 0.1) is 6.42 Å². The molecule has 2 nitrogen and oxygen atoms in total. The summed E-state index contributed by atoms with van der Waals surface area (Å²) in [7, 11) is 0. The standard InChI is InChI=1S/C16H11F3O2/c17-16(18,19)9-12-3-1-2-11-8-14(21-15(11)12)10-4-6-13(20)7-5-10/h1-8,20H,9H2. The number of hydrogen-bond donors (Lipinski definition) is 1. The highest BCUT2D eigenvalue weighted by atomic mass is 19.4. The Morgan fingerprint density at radius 3 is 2.38 bits per heavy atom. The summed E-state index contributed by atoms with van der Waals surface area (Å²) < 4.78 is 43.3. The maximum Gasteiger partial charge on any atom is 0.393 e. The number of benzene rings is 2.